The monoisotopic (exact) mass is 321 g/mol. The van der Waals surface area contributed by atoms with Crippen LogP contribution in [0.2, 0.25) is 0 Å². The first-order chi connectivity index (χ1) is 11.6. The first kappa shape index (κ1) is 16.0. The zero-order chi connectivity index (χ0) is 17.1. The number of likely N-dealkylation sites (tertiary alicyclic amines) is 1. The summed E-state index contributed by atoms with van der Waals surface area (Å²) in [4.78, 5) is 26.0. The Balaban J connectivity index is 2.13. The maximum atomic E-state index is 12.7. The number of hydrogen-bond donors (Lipinski definition) is 1. The lowest BCUT2D eigenvalue weighted by Gasteiger charge is -2.33. The Hall–Kier alpha value is -2.88. The Bertz CT molecular complexity index is 702. The molecular formula is C20H19NO3. The highest BCUT2D eigenvalue weighted by Crippen LogP contribution is 2.38. The van der Waals surface area contributed by atoms with Gasteiger partial charge in [0.15, 0.2) is 0 Å². The third-order valence-electron chi connectivity index (χ3n) is 4.47. The van der Waals surface area contributed by atoms with Crippen LogP contribution >= 0.6 is 0 Å². The molecule has 1 aliphatic rings. The number of benzene rings is 2. The van der Waals surface area contributed by atoms with E-state index in [1.54, 1.807) is 6.08 Å². The van der Waals surface area contributed by atoms with Crippen LogP contribution in [0.4, 0.5) is 0 Å². The molecule has 122 valence electrons. The standard InChI is InChI=1S/C20H19NO3/c1-2-14-13-17(22)21(19(14)20(23)24)18(15-9-5-3-6-10-15)16-11-7-4-8-12-16/h2-12,14,18-19H,1,13H2,(H,23,24)/t14-,19+/m0/s1. The molecule has 4 nitrogen and oxygen atoms in total. The van der Waals surface area contributed by atoms with Crippen LogP contribution in [0.5, 0.6) is 0 Å². The van der Waals surface area contributed by atoms with Gasteiger partial charge in [0.2, 0.25) is 5.91 Å². The van der Waals surface area contributed by atoms with Crippen LogP contribution in [0.1, 0.15) is 23.6 Å². The Morgan fingerprint density at radius 3 is 2.00 bits per heavy atom. The van der Waals surface area contributed by atoms with Crippen molar-refractivity contribution in [1.29, 1.82) is 0 Å². The highest BCUT2D eigenvalue weighted by atomic mass is 16.4. The Labute approximate surface area is 141 Å². The summed E-state index contributed by atoms with van der Waals surface area (Å²) in [7, 11) is 0. The molecule has 24 heavy (non-hydrogen) atoms. The van der Waals surface area contributed by atoms with E-state index in [1.165, 1.54) is 4.90 Å². The van der Waals surface area contributed by atoms with Gasteiger partial charge in [0, 0.05) is 12.3 Å². The van der Waals surface area contributed by atoms with Crippen molar-refractivity contribution in [3.8, 4) is 0 Å². The third-order valence-corrected chi connectivity index (χ3v) is 4.47. The first-order valence-electron chi connectivity index (χ1n) is 7.90. The fraction of sp³-hybridized carbons (Fsp3) is 0.200. The van der Waals surface area contributed by atoms with Crippen LogP contribution in [-0.2, 0) is 9.59 Å². The summed E-state index contributed by atoms with van der Waals surface area (Å²) in [5.74, 6) is -1.54. The molecule has 0 aromatic heterocycles. The van der Waals surface area contributed by atoms with Gasteiger partial charge in [-0.05, 0) is 11.1 Å². The van der Waals surface area contributed by atoms with E-state index in [9.17, 15) is 14.7 Å². The normalized spacial score (nSPS) is 20.4. The summed E-state index contributed by atoms with van der Waals surface area (Å²) in [5, 5.41) is 9.70. The van der Waals surface area contributed by atoms with Gasteiger partial charge < -0.3 is 10.0 Å². The molecule has 1 saturated heterocycles. The summed E-state index contributed by atoms with van der Waals surface area (Å²) in [6.45, 7) is 3.71. The summed E-state index contributed by atoms with van der Waals surface area (Å²) >= 11 is 0. The number of carbonyl (C=O) groups is 2. The first-order valence-corrected chi connectivity index (χ1v) is 7.90. The molecule has 1 amide bonds. The SMILES string of the molecule is C=C[C@H]1CC(=O)N(C(c2ccccc2)c2ccccc2)[C@H]1C(=O)O. The lowest BCUT2D eigenvalue weighted by Crippen LogP contribution is -2.43. The molecule has 1 heterocycles. The molecule has 0 bridgehead atoms. The van der Waals surface area contributed by atoms with E-state index < -0.39 is 18.1 Å². The number of hydrogen-bond acceptors (Lipinski definition) is 2. The average molecular weight is 321 g/mol. The van der Waals surface area contributed by atoms with Crippen molar-refractivity contribution in [3.05, 3.63) is 84.4 Å². The molecule has 1 N–H and O–H groups in total. The van der Waals surface area contributed by atoms with Crippen molar-refractivity contribution >= 4 is 11.9 Å². The van der Waals surface area contributed by atoms with Crippen molar-refractivity contribution in [2.24, 2.45) is 5.92 Å². The Morgan fingerprint density at radius 1 is 1.08 bits per heavy atom. The van der Waals surface area contributed by atoms with Gasteiger partial charge in [-0.3, -0.25) is 4.79 Å². The minimum atomic E-state index is -0.998. The number of amides is 1. The van der Waals surface area contributed by atoms with Gasteiger partial charge in [-0.1, -0.05) is 66.7 Å². The quantitative estimate of drug-likeness (QED) is 0.860. The Kier molecular flexibility index (Phi) is 4.47. The largest absolute Gasteiger partial charge is 0.480 e. The van der Waals surface area contributed by atoms with Gasteiger partial charge in [0.05, 0.1) is 6.04 Å². The minimum Gasteiger partial charge on any atom is -0.480 e. The van der Waals surface area contributed by atoms with E-state index in [0.717, 1.165) is 11.1 Å². The molecule has 1 fully saturated rings. The van der Waals surface area contributed by atoms with Crippen molar-refractivity contribution in [1.82, 2.24) is 4.90 Å². The van der Waals surface area contributed by atoms with Crippen LogP contribution in [0, 0.1) is 5.92 Å². The smallest absolute Gasteiger partial charge is 0.327 e. The predicted molar refractivity (Wildman–Crippen MR) is 91.3 cm³/mol. The van der Waals surface area contributed by atoms with Gasteiger partial charge in [0.25, 0.3) is 0 Å². The molecule has 3 rings (SSSR count). The topological polar surface area (TPSA) is 57.6 Å². The second kappa shape index (κ2) is 6.71. The molecule has 0 saturated carbocycles. The maximum Gasteiger partial charge on any atom is 0.327 e. The van der Waals surface area contributed by atoms with Gasteiger partial charge in [-0.25, -0.2) is 4.79 Å². The number of rotatable bonds is 5. The zero-order valence-corrected chi connectivity index (χ0v) is 13.2. The number of nitrogens with zero attached hydrogens (tertiary/aromatic N) is 1. The number of carbonyl (C=O) groups excluding carboxylic acids is 1. The van der Waals surface area contributed by atoms with Crippen molar-refractivity contribution in [2.75, 3.05) is 0 Å². The van der Waals surface area contributed by atoms with Crippen LogP contribution in [-0.4, -0.2) is 27.9 Å². The highest BCUT2D eigenvalue weighted by molar-refractivity contribution is 5.89. The average Bonchev–Trinajstić information content (AvgIpc) is 2.94. The zero-order valence-electron chi connectivity index (χ0n) is 13.2. The molecular weight excluding hydrogens is 302 g/mol. The second-order valence-corrected chi connectivity index (χ2v) is 5.91. The van der Waals surface area contributed by atoms with Crippen LogP contribution in [0.25, 0.3) is 0 Å². The van der Waals surface area contributed by atoms with Crippen molar-refractivity contribution in [3.63, 3.8) is 0 Å². The lowest BCUT2D eigenvalue weighted by atomic mass is 9.94. The molecule has 0 unspecified atom stereocenters. The second-order valence-electron chi connectivity index (χ2n) is 5.91. The minimum absolute atomic E-state index is 0.162. The molecule has 0 aliphatic carbocycles. The molecule has 4 heteroatoms. The fourth-order valence-electron chi connectivity index (χ4n) is 3.38. The number of aliphatic carboxylic acids is 1. The number of carboxylic acids is 1. The predicted octanol–water partition coefficient (Wildman–Crippen LogP) is 3.26. The van der Waals surface area contributed by atoms with Gasteiger partial charge in [-0.2, -0.15) is 0 Å². The molecule has 1 aliphatic heterocycles. The Morgan fingerprint density at radius 2 is 1.58 bits per heavy atom. The molecule has 2 aromatic rings. The van der Waals surface area contributed by atoms with E-state index in [-0.39, 0.29) is 18.2 Å². The maximum absolute atomic E-state index is 12.7. The van der Waals surface area contributed by atoms with Gasteiger partial charge in [0.1, 0.15) is 6.04 Å². The molecule has 2 atom stereocenters. The number of carboxylic acid groups (broad SMARTS) is 1. The van der Waals surface area contributed by atoms with E-state index in [1.807, 2.05) is 60.7 Å². The van der Waals surface area contributed by atoms with E-state index >= 15 is 0 Å². The summed E-state index contributed by atoms with van der Waals surface area (Å²) in [6.07, 6.45) is 1.75. The molecule has 0 spiro atoms. The van der Waals surface area contributed by atoms with Crippen LogP contribution < -0.4 is 0 Å². The molecule has 2 aromatic carbocycles. The summed E-state index contributed by atoms with van der Waals surface area (Å²) in [5.41, 5.74) is 1.79. The van der Waals surface area contributed by atoms with Crippen molar-refractivity contribution in [2.45, 2.75) is 18.5 Å². The van der Waals surface area contributed by atoms with Crippen LogP contribution in [0.3, 0.4) is 0 Å². The van der Waals surface area contributed by atoms with Crippen LogP contribution in [0.15, 0.2) is 73.3 Å². The fourth-order valence-corrected chi connectivity index (χ4v) is 3.38. The highest BCUT2D eigenvalue weighted by Gasteiger charge is 2.46. The van der Waals surface area contributed by atoms with Gasteiger partial charge >= 0.3 is 5.97 Å². The third kappa shape index (κ3) is 2.83. The summed E-state index contributed by atoms with van der Waals surface area (Å²) < 4.78 is 0. The van der Waals surface area contributed by atoms with Gasteiger partial charge in [-0.15, -0.1) is 6.58 Å². The van der Waals surface area contributed by atoms with E-state index in [2.05, 4.69) is 6.58 Å². The van der Waals surface area contributed by atoms with Crippen molar-refractivity contribution < 1.29 is 14.7 Å². The lowest BCUT2D eigenvalue weighted by molar-refractivity contribution is -0.148. The summed E-state index contributed by atoms with van der Waals surface area (Å²) in [6, 6.07) is 17.7. The van der Waals surface area contributed by atoms with E-state index in [4.69, 9.17) is 0 Å². The molecule has 0 radical (unpaired) electrons. The van der Waals surface area contributed by atoms with E-state index in [0.29, 0.717) is 0 Å².